The highest BCUT2D eigenvalue weighted by atomic mass is 16.8. The minimum atomic E-state index is -2.01. The molecular weight excluding hydrogens is 1220 g/mol. The maximum absolute atomic E-state index is 13.5. The number of amides is 2. The predicted molar refractivity (Wildman–Crippen MR) is 312 cm³/mol. The third-order valence-corrected chi connectivity index (χ3v) is 22.0. The molecule has 0 aromatic heterocycles. The molecule has 4 aliphatic carbocycles. The van der Waals surface area contributed by atoms with Crippen LogP contribution in [0.2, 0.25) is 0 Å². The third-order valence-electron chi connectivity index (χ3n) is 22.0. The Morgan fingerprint density at radius 2 is 1.11 bits per heavy atom. The van der Waals surface area contributed by atoms with E-state index in [1.165, 1.54) is 0 Å². The Balaban J connectivity index is 1.000. The first-order valence-electron chi connectivity index (χ1n) is 32.1. The molecular formula is C62H100N2O28. The molecule has 0 bridgehead atoms. The predicted octanol–water partition coefficient (Wildman–Crippen LogP) is -4.60. The molecule has 0 aromatic carbocycles. The van der Waals surface area contributed by atoms with Crippen LogP contribution < -0.4 is 10.6 Å². The molecule has 17 N–H and O–H groups in total. The fourth-order valence-electron chi connectivity index (χ4n) is 16.9. The van der Waals surface area contributed by atoms with Crippen molar-refractivity contribution in [2.24, 2.45) is 34.0 Å². The summed E-state index contributed by atoms with van der Waals surface area (Å²) < 4.78 is 61.6. The summed E-state index contributed by atoms with van der Waals surface area (Å²) in [7, 11) is 0. The smallest absolute Gasteiger partial charge is 0.217 e. The lowest BCUT2D eigenvalue weighted by atomic mass is 9.38. The van der Waals surface area contributed by atoms with Gasteiger partial charge in [-0.1, -0.05) is 51.8 Å². The van der Waals surface area contributed by atoms with Crippen molar-refractivity contribution in [3.63, 3.8) is 0 Å². The number of fused-ring (bicyclic) bond motifs is 5. The van der Waals surface area contributed by atoms with Gasteiger partial charge in [-0.3, -0.25) is 14.4 Å². The molecule has 5 heterocycles. The van der Waals surface area contributed by atoms with Crippen LogP contribution in [0.3, 0.4) is 0 Å². The van der Waals surface area contributed by atoms with Gasteiger partial charge in [0.25, 0.3) is 0 Å². The van der Waals surface area contributed by atoms with Crippen molar-refractivity contribution in [3.05, 3.63) is 23.3 Å². The number of ketones is 1. The van der Waals surface area contributed by atoms with Crippen LogP contribution in [0.15, 0.2) is 23.3 Å². The van der Waals surface area contributed by atoms with Crippen molar-refractivity contribution in [2.75, 3.05) is 33.0 Å². The second kappa shape index (κ2) is 28.5. The SMILES string of the molecule is CC(=O)N[C@H]1[C@H](O[C@@H]2CO[C@@H](O[C@H]3CC[C@@]4(C)[C@@H](CC[C@@]5(O)[C@]4(O)CC=C4[C@@H]([C@H](C)CC(=O)C=C(C)C)CC[C@@]45C)C3(C)C)[C@H](O[C@@H]3O[C@H](CO[C@@H]4O[C@H](CO)[C@@H](O)[C@H](O)[C@H]4O[C@@H]4O[C@H](CO)[C@@H](O)[C@H](O)[C@H]4O)[C@@H](O)[C@H](O)[C@H]3NC(C)=O)[C@H]2O)O[C@H](CO)[C@H](O)[C@@H]1O. The molecule has 5 saturated heterocycles. The van der Waals surface area contributed by atoms with Gasteiger partial charge in [0.15, 0.2) is 37.2 Å². The number of nitrogens with one attached hydrogen (secondary N) is 2. The van der Waals surface area contributed by atoms with Gasteiger partial charge in [-0.05, 0) is 88.0 Å². The molecule has 0 aromatic rings. The zero-order valence-corrected chi connectivity index (χ0v) is 53.5. The van der Waals surface area contributed by atoms with Crippen LogP contribution in [0, 0.1) is 34.0 Å². The lowest BCUT2D eigenvalue weighted by Crippen LogP contribution is -2.77. The zero-order chi connectivity index (χ0) is 67.6. The number of aliphatic hydroxyl groups excluding tert-OH is 13. The molecule has 8 fully saturated rings. The maximum Gasteiger partial charge on any atom is 0.217 e. The first-order chi connectivity index (χ1) is 43.1. The average molecular weight is 1320 g/mol. The van der Waals surface area contributed by atoms with Crippen LogP contribution in [0.5, 0.6) is 0 Å². The lowest BCUT2D eigenvalue weighted by molar-refractivity contribution is -0.381. The van der Waals surface area contributed by atoms with Crippen molar-refractivity contribution in [1.82, 2.24) is 10.6 Å². The van der Waals surface area contributed by atoms with E-state index in [-0.39, 0.29) is 42.8 Å². The molecule has 30 nitrogen and oxygen atoms in total. The van der Waals surface area contributed by atoms with Gasteiger partial charge in [0, 0.05) is 31.1 Å². The molecule has 92 heavy (non-hydrogen) atoms. The zero-order valence-electron chi connectivity index (χ0n) is 53.5. The van der Waals surface area contributed by atoms with E-state index in [9.17, 15) is 91.0 Å². The summed E-state index contributed by atoms with van der Waals surface area (Å²) in [5, 5.41) is 174. The van der Waals surface area contributed by atoms with Crippen LogP contribution in [0.25, 0.3) is 0 Å². The standard InChI is InChI=1S/C62H100N2O28/c1-25(2)18-29(70)19-26(3)30-10-14-59(8)31(30)11-16-62(82)60(9)15-13-38(58(6,7)37(60)12-17-61(59,62)81)90-57-51(45(75)36(24-84-57)89-53-39(63-27(4)68)46(76)41(71)32(20-65)85-53)91-54-40(64-28(5)69)47(77)44(74)35(88-54)23-83-56-52(49(79)43(73)34(22-67)87-56)92-55-50(80)48(78)42(72)33(21-66)86-55/h11,18,26,30,32-57,65-67,71-82H,10,12-17,19-24H2,1-9H3,(H,63,68)(H,64,69)/t26-,30-,32-,33-,34-,35-,36-,37+,38+,39-,40-,41+,42-,43-,44-,45+,46-,47-,48+,49+,50-,51-,52-,53+,54+,55+,56-,57+,59+,60+,61+,62+/m1/s1. The molecule has 32 atom stereocenters. The first-order valence-corrected chi connectivity index (χ1v) is 32.1. The van der Waals surface area contributed by atoms with Gasteiger partial charge in [0.1, 0.15) is 127 Å². The Bertz CT molecular complexity index is 2630. The minimum Gasteiger partial charge on any atom is -0.394 e. The number of carbonyl (C=O) groups is 3. The van der Waals surface area contributed by atoms with Crippen molar-refractivity contribution in [3.8, 4) is 0 Å². The molecule has 5 aliphatic heterocycles. The first kappa shape index (κ1) is 73.3. The molecule has 9 aliphatic rings. The maximum atomic E-state index is 13.5. The van der Waals surface area contributed by atoms with Crippen LogP contribution in [0.1, 0.15) is 114 Å². The van der Waals surface area contributed by atoms with Crippen molar-refractivity contribution >= 4 is 17.6 Å². The number of hydrogen-bond donors (Lipinski definition) is 17. The molecule has 0 spiro atoms. The topological polar surface area (TPSA) is 471 Å². The van der Waals surface area contributed by atoms with Gasteiger partial charge in [-0.15, -0.1) is 0 Å². The number of allylic oxidation sites excluding steroid dienone is 2. The molecule has 526 valence electrons. The van der Waals surface area contributed by atoms with Crippen molar-refractivity contribution in [2.45, 2.75) is 278 Å². The average Bonchev–Trinajstić information content (AvgIpc) is 1.11. The van der Waals surface area contributed by atoms with E-state index in [1.54, 1.807) is 6.08 Å². The number of rotatable bonds is 20. The van der Waals surface area contributed by atoms with E-state index in [1.807, 2.05) is 41.5 Å². The van der Waals surface area contributed by atoms with Gasteiger partial charge in [0.2, 0.25) is 11.8 Å². The van der Waals surface area contributed by atoms with Crippen molar-refractivity contribution < 1.29 is 138 Å². The highest BCUT2D eigenvalue weighted by Crippen LogP contribution is 2.73. The monoisotopic (exact) mass is 1320 g/mol. The third kappa shape index (κ3) is 13.3. The minimum absolute atomic E-state index is 0.00797. The van der Waals surface area contributed by atoms with Gasteiger partial charge in [-0.2, -0.15) is 0 Å². The van der Waals surface area contributed by atoms with E-state index < -0.39 is 226 Å². The number of ether oxygens (including phenoxy) is 10. The largest absolute Gasteiger partial charge is 0.394 e. The fourth-order valence-corrected chi connectivity index (χ4v) is 16.9. The van der Waals surface area contributed by atoms with Gasteiger partial charge < -0.3 is 135 Å². The summed E-state index contributed by atoms with van der Waals surface area (Å²) in [6, 6.07) is -3.16. The second-order valence-electron chi connectivity index (χ2n) is 28.4. The Labute approximate surface area is 533 Å². The highest BCUT2D eigenvalue weighted by molar-refractivity contribution is 5.90. The molecule has 30 heteroatoms. The van der Waals surface area contributed by atoms with Crippen LogP contribution in [0.4, 0.5) is 0 Å². The van der Waals surface area contributed by atoms with Crippen LogP contribution >= 0.6 is 0 Å². The van der Waals surface area contributed by atoms with Gasteiger partial charge in [-0.25, -0.2) is 0 Å². The second-order valence-corrected chi connectivity index (χ2v) is 28.4. The summed E-state index contributed by atoms with van der Waals surface area (Å²) >= 11 is 0. The molecule has 2 amide bonds. The summed E-state index contributed by atoms with van der Waals surface area (Å²) in [6.45, 7) is 12.2. The Morgan fingerprint density at radius 3 is 1.70 bits per heavy atom. The lowest BCUT2D eigenvalue weighted by Gasteiger charge is -2.71. The van der Waals surface area contributed by atoms with Crippen LogP contribution in [-0.2, 0) is 61.8 Å². The molecule has 0 unspecified atom stereocenters. The van der Waals surface area contributed by atoms with E-state index in [0.717, 1.165) is 31.4 Å². The normalized spacial score (nSPS) is 48.8. The highest BCUT2D eigenvalue weighted by Gasteiger charge is 2.76. The van der Waals surface area contributed by atoms with E-state index in [2.05, 4.69) is 23.6 Å². The van der Waals surface area contributed by atoms with Gasteiger partial charge >= 0.3 is 0 Å². The summed E-state index contributed by atoms with van der Waals surface area (Å²) in [6.07, 6.45) is -33.2. The fraction of sp³-hybridized carbons (Fsp3) is 0.887. The quantitative estimate of drug-likeness (QED) is 0.0310. The summed E-state index contributed by atoms with van der Waals surface area (Å²) in [4.78, 5) is 38.4. The van der Waals surface area contributed by atoms with E-state index >= 15 is 0 Å². The summed E-state index contributed by atoms with van der Waals surface area (Å²) in [5.41, 5.74) is -3.79. The Kier molecular flexibility index (Phi) is 22.7. The molecule has 0 radical (unpaired) electrons. The van der Waals surface area contributed by atoms with E-state index in [4.69, 9.17) is 47.4 Å². The molecule has 9 rings (SSSR count). The van der Waals surface area contributed by atoms with Crippen LogP contribution in [-0.4, -0.2) is 292 Å². The number of carbonyl (C=O) groups excluding carboxylic acids is 3. The Hall–Kier alpha value is -2.91. The molecule has 3 saturated carbocycles. The van der Waals surface area contributed by atoms with E-state index in [0.29, 0.717) is 25.7 Å². The number of hydrogen-bond acceptors (Lipinski definition) is 28. The number of aliphatic hydroxyl groups is 15. The van der Waals surface area contributed by atoms with Gasteiger partial charge in [0.05, 0.1) is 39.1 Å². The summed E-state index contributed by atoms with van der Waals surface area (Å²) in [5.74, 6) is -1.70. The Morgan fingerprint density at radius 1 is 0.587 bits per heavy atom. The van der Waals surface area contributed by atoms with Crippen molar-refractivity contribution in [1.29, 1.82) is 0 Å².